The quantitative estimate of drug-likeness (QED) is 0.638. The van der Waals surface area contributed by atoms with Crippen LogP contribution in [-0.4, -0.2) is 53.0 Å². The predicted molar refractivity (Wildman–Crippen MR) is 99.2 cm³/mol. The van der Waals surface area contributed by atoms with Crippen LogP contribution in [0.2, 0.25) is 0 Å². The first-order valence-corrected chi connectivity index (χ1v) is 10.2. The molecule has 0 N–H and O–H groups in total. The molecule has 3 aromatic rings. The van der Waals surface area contributed by atoms with E-state index >= 15 is 0 Å². The molecule has 1 fully saturated rings. The molecular formula is C18H19N5O4S. The summed E-state index contributed by atoms with van der Waals surface area (Å²) in [4.78, 5) is 12.9. The molecule has 1 atom stereocenters. The van der Waals surface area contributed by atoms with Gasteiger partial charge >= 0.3 is 0 Å². The SMILES string of the molecule is COc1ccc(S(=O)(=O)N2CCC(c3ncncc3-c3noc(C)n3)C2)cc1. The van der Waals surface area contributed by atoms with Gasteiger partial charge in [0.05, 0.1) is 23.3 Å². The predicted octanol–water partition coefficient (Wildman–Crippen LogP) is 2.02. The third-order valence-electron chi connectivity index (χ3n) is 4.75. The number of aryl methyl sites for hydroxylation is 1. The summed E-state index contributed by atoms with van der Waals surface area (Å²) in [6, 6.07) is 6.39. The minimum absolute atomic E-state index is 0.0789. The van der Waals surface area contributed by atoms with Crippen molar-refractivity contribution in [1.82, 2.24) is 24.4 Å². The Bertz CT molecular complexity index is 1080. The summed E-state index contributed by atoms with van der Waals surface area (Å²) >= 11 is 0. The molecule has 0 bridgehead atoms. The van der Waals surface area contributed by atoms with Crippen LogP contribution in [0, 0.1) is 6.92 Å². The normalized spacial score (nSPS) is 17.7. The van der Waals surface area contributed by atoms with Crippen molar-refractivity contribution in [3.63, 3.8) is 0 Å². The lowest BCUT2D eigenvalue weighted by molar-refractivity contribution is 0.394. The van der Waals surface area contributed by atoms with Gasteiger partial charge in [0, 0.05) is 32.1 Å². The maximum absolute atomic E-state index is 13.0. The summed E-state index contributed by atoms with van der Waals surface area (Å²) in [5.74, 6) is 1.38. The number of ether oxygens (including phenoxy) is 1. The van der Waals surface area contributed by atoms with Gasteiger partial charge in [-0.05, 0) is 30.7 Å². The van der Waals surface area contributed by atoms with E-state index < -0.39 is 10.0 Å². The lowest BCUT2D eigenvalue weighted by Gasteiger charge is -2.17. The molecule has 1 aromatic carbocycles. The maximum Gasteiger partial charge on any atom is 0.243 e. The zero-order chi connectivity index (χ0) is 19.7. The molecule has 0 spiro atoms. The fraction of sp³-hybridized carbons (Fsp3) is 0.333. The number of methoxy groups -OCH3 is 1. The second-order valence-corrected chi connectivity index (χ2v) is 8.42. The molecule has 1 aliphatic heterocycles. The van der Waals surface area contributed by atoms with Gasteiger partial charge in [-0.15, -0.1) is 0 Å². The van der Waals surface area contributed by atoms with E-state index in [1.54, 1.807) is 44.5 Å². The van der Waals surface area contributed by atoms with E-state index in [-0.39, 0.29) is 10.8 Å². The molecular weight excluding hydrogens is 382 g/mol. The highest BCUT2D eigenvalue weighted by Gasteiger charge is 2.35. The van der Waals surface area contributed by atoms with Crippen LogP contribution in [-0.2, 0) is 10.0 Å². The topological polar surface area (TPSA) is 111 Å². The molecule has 3 heterocycles. The van der Waals surface area contributed by atoms with E-state index in [4.69, 9.17) is 9.26 Å². The molecule has 0 amide bonds. The third-order valence-corrected chi connectivity index (χ3v) is 6.63. The Kier molecular flexibility index (Phi) is 4.82. The maximum atomic E-state index is 13.0. The van der Waals surface area contributed by atoms with Crippen LogP contribution in [0.25, 0.3) is 11.4 Å². The number of rotatable bonds is 5. The van der Waals surface area contributed by atoms with Crippen LogP contribution in [0.4, 0.5) is 0 Å². The van der Waals surface area contributed by atoms with Crippen molar-refractivity contribution >= 4 is 10.0 Å². The molecule has 0 aliphatic carbocycles. The van der Waals surface area contributed by atoms with Gasteiger partial charge in [-0.3, -0.25) is 0 Å². The first kappa shape index (κ1) is 18.5. The number of hydrogen-bond donors (Lipinski definition) is 0. The molecule has 1 unspecified atom stereocenters. The largest absolute Gasteiger partial charge is 0.497 e. The first-order chi connectivity index (χ1) is 13.5. The molecule has 2 aromatic heterocycles. The molecule has 146 valence electrons. The second kappa shape index (κ2) is 7.28. The highest BCUT2D eigenvalue weighted by atomic mass is 32.2. The van der Waals surface area contributed by atoms with Crippen molar-refractivity contribution in [2.75, 3.05) is 20.2 Å². The summed E-state index contributed by atoms with van der Waals surface area (Å²) in [7, 11) is -2.05. The van der Waals surface area contributed by atoms with Crippen molar-refractivity contribution in [2.45, 2.75) is 24.2 Å². The van der Waals surface area contributed by atoms with E-state index in [2.05, 4.69) is 20.1 Å². The van der Waals surface area contributed by atoms with Gasteiger partial charge in [0.25, 0.3) is 0 Å². The Morgan fingerprint density at radius 1 is 1.25 bits per heavy atom. The number of hydrogen-bond acceptors (Lipinski definition) is 8. The van der Waals surface area contributed by atoms with Crippen LogP contribution in [0.3, 0.4) is 0 Å². The van der Waals surface area contributed by atoms with Gasteiger partial charge in [-0.2, -0.15) is 9.29 Å². The summed E-state index contributed by atoms with van der Waals surface area (Å²) in [6.45, 7) is 2.45. The average molecular weight is 401 g/mol. The summed E-state index contributed by atoms with van der Waals surface area (Å²) in [6.07, 6.45) is 3.73. The van der Waals surface area contributed by atoms with E-state index in [1.165, 1.54) is 10.6 Å². The fourth-order valence-corrected chi connectivity index (χ4v) is 4.81. The van der Waals surface area contributed by atoms with E-state index in [0.717, 1.165) is 5.69 Å². The van der Waals surface area contributed by atoms with Crippen LogP contribution < -0.4 is 4.74 Å². The monoisotopic (exact) mass is 401 g/mol. The molecule has 0 saturated carbocycles. The lowest BCUT2D eigenvalue weighted by atomic mass is 10.00. The van der Waals surface area contributed by atoms with Crippen molar-refractivity contribution in [2.24, 2.45) is 0 Å². The highest BCUT2D eigenvalue weighted by molar-refractivity contribution is 7.89. The Morgan fingerprint density at radius 2 is 2.04 bits per heavy atom. The zero-order valence-corrected chi connectivity index (χ0v) is 16.3. The van der Waals surface area contributed by atoms with Gasteiger partial charge < -0.3 is 9.26 Å². The van der Waals surface area contributed by atoms with Crippen LogP contribution in [0.15, 0.2) is 46.2 Å². The van der Waals surface area contributed by atoms with E-state index in [0.29, 0.717) is 42.5 Å². The molecule has 28 heavy (non-hydrogen) atoms. The minimum Gasteiger partial charge on any atom is -0.497 e. The first-order valence-electron chi connectivity index (χ1n) is 8.74. The Labute approximate surface area is 162 Å². The average Bonchev–Trinajstić information content (AvgIpc) is 3.38. The van der Waals surface area contributed by atoms with E-state index in [9.17, 15) is 8.42 Å². The van der Waals surface area contributed by atoms with Gasteiger partial charge in [-0.25, -0.2) is 18.4 Å². The number of benzene rings is 1. The summed E-state index contributed by atoms with van der Waals surface area (Å²) in [5, 5.41) is 3.94. The van der Waals surface area contributed by atoms with Crippen LogP contribution >= 0.6 is 0 Å². The number of sulfonamides is 1. The number of aromatic nitrogens is 4. The van der Waals surface area contributed by atoms with E-state index in [1.807, 2.05) is 0 Å². The molecule has 1 saturated heterocycles. The lowest BCUT2D eigenvalue weighted by Crippen LogP contribution is -2.28. The summed E-state index contributed by atoms with van der Waals surface area (Å²) in [5.41, 5.74) is 1.39. The molecule has 4 rings (SSSR count). The zero-order valence-electron chi connectivity index (χ0n) is 15.4. The molecule has 9 nitrogen and oxygen atoms in total. The second-order valence-electron chi connectivity index (χ2n) is 6.48. The van der Waals surface area contributed by atoms with Crippen molar-refractivity contribution in [3.8, 4) is 17.1 Å². The van der Waals surface area contributed by atoms with Crippen LogP contribution in [0.5, 0.6) is 5.75 Å². The van der Waals surface area contributed by atoms with Gasteiger partial charge in [0.15, 0.2) is 0 Å². The highest BCUT2D eigenvalue weighted by Crippen LogP contribution is 2.34. The molecule has 1 aliphatic rings. The number of nitrogens with zero attached hydrogens (tertiary/aromatic N) is 5. The fourth-order valence-electron chi connectivity index (χ4n) is 3.31. The van der Waals surface area contributed by atoms with Gasteiger partial charge in [0.1, 0.15) is 12.1 Å². The summed E-state index contributed by atoms with van der Waals surface area (Å²) < 4.78 is 37.6. The van der Waals surface area contributed by atoms with Crippen LogP contribution in [0.1, 0.15) is 23.9 Å². The van der Waals surface area contributed by atoms with Crippen molar-refractivity contribution in [3.05, 3.63) is 48.4 Å². The van der Waals surface area contributed by atoms with Crippen molar-refractivity contribution in [1.29, 1.82) is 0 Å². The Morgan fingerprint density at radius 3 is 2.71 bits per heavy atom. The standard InChI is InChI=1S/C18H19N5O4S/c1-12-21-18(22-27-12)16-9-19-11-20-17(16)13-7-8-23(10-13)28(24,25)15-5-3-14(26-2)4-6-15/h3-6,9,11,13H,7-8,10H2,1-2H3. The Balaban J connectivity index is 1.59. The Hall–Kier alpha value is -2.85. The smallest absolute Gasteiger partial charge is 0.243 e. The van der Waals surface area contributed by atoms with Gasteiger partial charge in [-0.1, -0.05) is 5.16 Å². The van der Waals surface area contributed by atoms with Crippen molar-refractivity contribution < 1.29 is 17.7 Å². The van der Waals surface area contributed by atoms with Gasteiger partial charge in [0.2, 0.25) is 21.7 Å². The minimum atomic E-state index is -3.59. The molecule has 0 radical (unpaired) electrons. The molecule has 10 heteroatoms. The third kappa shape index (κ3) is 3.36.